The Morgan fingerprint density at radius 3 is 2.41 bits per heavy atom. The summed E-state index contributed by atoms with van der Waals surface area (Å²) in [5.74, 6) is -1.68. The first-order valence-corrected chi connectivity index (χ1v) is 6.97. The quantitative estimate of drug-likeness (QED) is 0.630. The summed E-state index contributed by atoms with van der Waals surface area (Å²) < 4.78 is 40.0. The van der Waals surface area contributed by atoms with Gasteiger partial charge in [-0.2, -0.15) is 0 Å². The van der Waals surface area contributed by atoms with Gasteiger partial charge in [-0.05, 0) is 32.0 Å². The Balaban J connectivity index is 3.19. The van der Waals surface area contributed by atoms with Crippen molar-refractivity contribution in [2.75, 3.05) is 0 Å². The van der Waals surface area contributed by atoms with Gasteiger partial charge in [-0.15, -0.1) is 0 Å². The van der Waals surface area contributed by atoms with Crippen LogP contribution in [0.1, 0.15) is 24.2 Å². The van der Waals surface area contributed by atoms with E-state index in [2.05, 4.69) is 0 Å². The number of hydrogen-bond donors (Lipinski definition) is 0. The first-order valence-electron chi connectivity index (χ1n) is 4.66. The second kappa shape index (κ2) is 5.01. The summed E-state index contributed by atoms with van der Waals surface area (Å²) in [4.78, 5) is 11.0. The third-order valence-corrected chi connectivity index (χ3v) is 3.06. The van der Waals surface area contributed by atoms with E-state index in [4.69, 9.17) is 15.4 Å². The zero-order chi connectivity index (χ0) is 13.2. The molecular formula is C10H10ClFO4S. The van der Waals surface area contributed by atoms with Gasteiger partial charge in [0.2, 0.25) is 0 Å². The summed E-state index contributed by atoms with van der Waals surface area (Å²) in [5, 5.41) is 0. The van der Waals surface area contributed by atoms with Gasteiger partial charge in [0.25, 0.3) is 9.05 Å². The topological polar surface area (TPSA) is 60.4 Å². The molecule has 0 heterocycles. The highest BCUT2D eigenvalue weighted by atomic mass is 35.7. The van der Waals surface area contributed by atoms with Gasteiger partial charge in [-0.25, -0.2) is 17.6 Å². The molecule has 0 aromatic heterocycles. The van der Waals surface area contributed by atoms with Gasteiger partial charge in [0.05, 0.1) is 16.6 Å². The van der Waals surface area contributed by atoms with E-state index in [1.807, 2.05) is 0 Å². The summed E-state index contributed by atoms with van der Waals surface area (Å²) in [6.45, 7) is 3.24. The second-order valence-electron chi connectivity index (χ2n) is 3.57. The smallest absolute Gasteiger partial charge is 0.338 e. The van der Waals surface area contributed by atoms with E-state index >= 15 is 0 Å². The van der Waals surface area contributed by atoms with Crippen LogP contribution >= 0.6 is 10.7 Å². The Kier molecular flexibility index (Phi) is 4.11. The fourth-order valence-corrected chi connectivity index (χ4v) is 1.89. The molecule has 0 aliphatic rings. The highest BCUT2D eigenvalue weighted by Crippen LogP contribution is 2.19. The molecule has 0 fully saturated rings. The van der Waals surface area contributed by atoms with E-state index in [-0.39, 0.29) is 11.7 Å². The molecule has 0 spiro atoms. The number of carbonyl (C=O) groups excluding carboxylic acids is 1. The Labute approximate surface area is 103 Å². The van der Waals surface area contributed by atoms with Crippen LogP contribution in [0.4, 0.5) is 4.39 Å². The minimum absolute atomic E-state index is 0.196. The Morgan fingerprint density at radius 1 is 1.35 bits per heavy atom. The normalized spacial score (nSPS) is 11.6. The van der Waals surface area contributed by atoms with Crippen molar-refractivity contribution in [2.45, 2.75) is 24.8 Å². The molecule has 0 amide bonds. The largest absolute Gasteiger partial charge is 0.459 e. The van der Waals surface area contributed by atoms with E-state index < -0.39 is 25.7 Å². The summed E-state index contributed by atoms with van der Waals surface area (Å²) in [6.07, 6.45) is -0.387. The average molecular weight is 281 g/mol. The molecule has 0 saturated carbocycles. The van der Waals surface area contributed by atoms with E-state index in [1.54, 1.807) is 13.8 Å². The molecule has 17 heavy (non-hydrogen) atoms. The first-order chi connectivity index (χ1) is 7.70. The molecule has 7 heteroatoms. The molecule has 0 unspecified atom stereocenters. The Bertz CT molecular complexity index is 539. The van der Waals surface area contributed by atoms with Gasteiger partial charge >= 0.3 is 5.97 Å². The zero-order valence-electron chi connectivity index (χ0n) is 9.11. The van der Waals surface area contributed by atoms with Crippen molar-refractivity contribution < 1.29 is 22.3 Å². The van der Waals surface area contributed by atoms with Crippen LogP contribution in [0.2, 0.25) is 0 Å². The van der Waals surface area contributed by atoms with Crippen LogP contribution in [0.25, 0.3) is 0 Å². The highest BCUT2D eigenvalue weighted by Gasteiger charge is 2.17. The van der Waals surface area contributed by atoms with Crippen LogP contribution < -0.4 is 0 Å². The monoisotopic (exact) mass is 280 g/mol. The van der Waals surface area contributed by atoms with Crippen molar-refractivity contribution in [3.05, 3.63) is 29.6 Å². The van der Waals surface area contributed by atoms with Crippen molar-refractivity contribution in [2.24, 2.45) is 0 Å². The first kappa shape index (κ1) is 13.9. The molecule has 0 radical (unpaired) electrons. The molecule has 1 aromatic rings. The molecule has 0 aliphatic heterocycles. The molecule has 94 valence electrons. The van der Waals surface area contributed by atoms with Crippen LogP contribution in [0.15, 0.2) is 23.1 Å². The third-order valence-electron chi connectivity index (χ3n) is 1.73. The molecule has 0 atom stereocenters. The number of benzene rings is 1. The minimum Gasteiger partial charge on any atom is -0.459 e. The van der Waals surface area contributed by atoms with E-state index in [0.717, 1.165) is 18.2 Å². The maximum absolute atomic E-state index is 13.1. The van der Waals surface area contributed by atoms with Gasteiger partial charge < -0.3 is 4.74 Å². The number of ether oxygens (including phenoxy) is 1. The Morgan fingerprint density at radius 2 is 1.94 bits per heavy atom. The molecule has 1 aromatic carbocycles. The molecule has 4 nitrogen and oxygen atoms in total. The number of rotatable bonds is 3. The summed E-state index contributed by atoms with van der Waals surface area (Å²) in [6, 6.07) is 2.58. The lowest BCUT2D eigenvalue weighted by Crippen LogP contribution is -2.12. The molecule has 0 bridgehead atoms. The van der Waals surface area contributed by atoms with Crippen molar-refractivity contribution >= 4 is 25.7 Å². The van der Waals surface area contributed by atoms with Crippen molar-refractivity contribution in [1.29, 1.82) is 0 Å². The molecule has 0 aliphatic carbocycles. The van der Waals surface area contributed by atoms with Crippen LogP contribution in [-0.2, 0) is 13.8 Å². The third kappa shape index (κ3) is 3.98. The number of esters is 1. The van der Waals surface area contributed by atoms with Crippen LogP contribution in [-0.4, -0.2) is 20.5 Å². The number of hydrogen-bond acceptors (Lipinski definition) is 4. The predicted molar refractivity (Wildman–Crippen MR) is 60.0 cm³/mol. The lowest BCUT2D eigenvalue weighted by molar-refractivity contribution is 0.0377. The van der Waals surface area contributed by atoms with Crippen molar-refractivity contribution in [1.82, 2.24) is 0 Å². The van der Waals surface area contributed by atoms with Gasteiger partial charge in [0, 0.05) is 10.7 Å². The minimum atomic E-state index is -4.09. The van der Waals surface area contributed by atoms with Crippen LogP contribution in [0, 0.1) is 5.82 Å². The molecule has 0 saturated heterocycles. The van der Waals surface area contributed by atoms with Gasteiger partial charge in [-0.1, -0.05) is 0 Å². The fourth-order valence-electron chi connectivity index (χ4n) is 1.10. The average Bonchev–Trinajstić information content (AvgIpc) is 2.14. The standard InChI is InChI=1S/C10H10ClFO4S/c1-6(2)16-10(13)7-3-8(12)5-9(4-7)17(11,14)15/h3-6H,1-2H3. The zero-order valence-corrected chi connectivity index (χ0v) is 10.7. The number of carbonyl (C=O) groups is 1. The van der Waals surface area contributed by atoms with E-state index in [1.165, 1.54) is 0 Å². The summed E-state index contributed by atoms with van der Waals surface area (Å²) in [7, 11) is 0.981. The van der Waals surface area contributed by atoms with Gasteiger partial charge in [0.1, 0.15) is 5.82 Å². The lowest BCUT2D eigenvalue weighted by Gasteiger charge is -2.08. The maximum atomic E-state index is 13.1. The summed E-state index contributed by atoms with van der Waals surface area (Å²) in [5.41, 5.74) is -0.196. The molecular weight excluding hydrogens is 271 g/mol. The van der Waals surface area contributed by atoms with Crippen molar-refractivity contribution in [3.8, 4) is 0 Å². The maximum Gasteiger partial charge on any atom is 0.338 e. The molecule has 0 N–H and O–H groups in total. The molecule has 1 rings (SSSR count). The highest BCUT2D eigenvalue weighted by molar-refractivity contribution is 8.13. The van der Waals surface area contributed by atoms with E-state index in [0.29, 0.717) is 0 Å². The van der Waals surface area contributed by atoms with Crippen LogP contribution in [0.5, 0.6) is 0 Å². The van der Waals surface area contributed by atoms with Gasteiger partial charge in [-0.3, -0.25) is 0 Å². The SMILES string of the molecule is CC(C)OC(=O)c1cc(F)cc(S(=O)(=O)Cl)c1. The van der Waals surface area contributed by atoms with Gasteiger partial charge in [0.15, 0.2) is 0 Å². The Hall–Kier alpha value is -1.14. The summed E-state index contributed by atoms with van der Waals surface area (Å²) >= 11 is 0. The van der Waals surface area contributed by atoms with Crippen LogP contribution in [0.3, 0.4) is 0 Å². The lowest BCUT2D eigenvalue weighted by atomic mass is 10.2. The predicted octanol–water partition coefficient (Wildman–Crippen LogP) is 2.32. The number of halogens is 2. The fraction of sp³-hybridized carbons (Fsp3) is 0.300. The van der Waals surface area contributed by atoms with E-state index in [9.17, 15) is 17.6 Å². The van der Waals surface area contributed by atoms with Crippen molar-refractivity contribution in [3.63, 3.8) is 0 Å². The second-order valence-corrected chi connectivity index (χ2v) is 6.13.